The monoisotopic (exact) mass is 249 g/mol. The van der Waals surface area contributed by atoms with Crippen LogP contribution in [0.3, 0.4) is 0 Å². The number of rotatable bonds is 3. The highest BCUT2D eigenvalue weighted by molar-refractivity contribution is 5.85. The lowest BCUT2D eigenvalue weighted by Gasteiger charge is -2.24. The minimum Gasteiger partial charge on any atom is -0.477 e. The van der Waals surface area contributed by atoms with Gasteiger partial charge in [0.15, 0.2) is 0 Å². The number of aromatic carboxylic acids is 1. The summed E-state index contributed by atoms with van der Waals surface area (Å²) in [5.41, 5.74) is 0.479. The van der Waals surface area contributed by atoms with E-state index in [4.69, 9.17) is 9.84 Å². The molecule has 1 aliphatic carbocycles. The molecule has 1 spiro atoms. The number of carboxylic acids is 1. The SMILES string of the molecule is O=C(O)c1cccn1CC1CCC2(CCCC2)O1. The van der Waals surface area contributed by atoms with Crippen LogP contribution in [-0.2, 0) is 11.3 Å². The first-order valence-corrected chi connectivity index (χ1v) is 6.75. The van der Waals surface area contributed by atoms with Gasteiger partial charge in [0.1, 0.15) is 5.69 Å². The molecule has 1 aromatic rings. The van der Waals surface area contributed by atoms with E-state index in [1.165, 1.54) is 25.7 Å². The predicted molar refractivity (Wildman–Crippen MR) is 66.7 cm³/mol. The van der Waals surface area contributed by atoms with Gasteiger partial charge in [-0.3, -0.25) is 0 Å². The topological polar surface area (TPSA) is 51.5 Å². The molecule has 0 aromatic carbocycles. The van der Waals surface area contributed by atoms with Crippen molar-refractivity contribution in [1.29, 1.82) is 0 Å². The Hall–Kier alpha value is -1.29. The minimum atomic E-state index is -0.867. The lowest BCUT2D eigenvalue weighted by atomic mass is 9.98. The van der Waals surface area contributed by atoms with Crippen LogP contribution in [0.15, 0.2) is 18.3 Å². The summed E-state index contributed by atoms with van der Waals surface area (Å²) in [5.74, 6) is -0.867. The number of carboxylic acid groups (broad SMARTS) is 1. The summed E-state index contributed by atoms with van der Waals surface area (Å²) < 4.78 is 8.00. The molecule has 1 aromatic heterocycles. The van der Waals surface area contributed by atoms with E-state index in [1.54, 1.807) is 16.7 Å². The highest BCUT2D eigenvalue weighted by atomic mass is 16.5. The fourth-order valence-electron chi connectivity index (χ4n) is 3.40. The van der Waals surface area contributed by atoms with E-state index in [0.29, 0.717) is 12.2 Å². The molecule has 1 saturated heterocycles. The van der Waals surface area contributed by atoms with Crippen molar-refractivity contribution >= 4 is 5.97 Å². The first-order chi connectivity index (χ1) is 8.69. The van der Waals surface area contributed by atoms with Crippen molar-refractivity contribution in [3.05, 3.63) is 24.0 Å². The van der Waals surface area contributed by atoms with Crippen LogP contribution in [0.1, 0.15) is 49.0 Å². The molecule has 1 saturated carbocycles. The summed E-state index contributed by atoms with van der Waals surface area (Å²) in [6.07, 6.45) is 9.11. The van der Waals surface area contributed by atoms with Crippen molar-refractivity contribution in [2.24, 2.45) is 0 Å². The van der Waals surface area contributed by atoms with E-state index in [0.717, 1.165) is 12.8 Å². The molecular formula is C14H19NO3. The third kappa shape index (κ3) is 2.05. The second kappa shape index (κ2) is 4.43. The minimum absolute atomic E-state index is 0.126. The smallest absolute Gasteiger partial charge is 0.352 e. The first kappa shape index (κ1) is 11.8. The fraction of sp³-hybridized carbons (Fsp3) is 0.643. The van der Waals surface area contributed by atoms with Crippen LogP contribution in [0.25, 0.3) is 0 Å². The molecule has 2 aliphatic rings. The van der Waals surface area contributed by atoms with Crippen LogP contribution < -0.4 is 0 Å². The maximum atomic E-state index is 11.0. The summed E-state index contributed by atoms with van der Waals surface area (Å²) in [7, 11) is 0. The summed E-state index contributed by atoms with van der Waals surface area (Å²) in [5, 5.41) is 9.07. The summed E-state index contributed by atoms with van der Waals surface area (Å²) in [6.45, 7) is 0.663. The second-order valence-corrected chi connectivity index (χ2v) is 5.52. The molecule has 0 radical (unpaired) electrons. The third-order valence-corrected chi connectivity index (χ3v) is 4.30. The van der Waals surface area contributed by atoms with Gasteiger partial charge in [-0.25, -0.2) is 4.79 Å². The molecule has 1 aliphatic heterocycles. The number of ether oxygens (including phenoxy) is 1. The van der Waals surface area contributed by atoms with Crippen LogP contribution in [0.2, 0.25) is 0 Å². The first-order valence-electron chi connectivity index (χ1n) is 6.75. The zero-order chi connectivity index (χ0) is 12.6. The van der Waals surface area contributed by atoms with Crippen molar-refractivity contribution < 1.29 is 14.6 Å². The Labute approximate surface area is 107 Å². The van der Waals surface area contributed by atoms with Crippen molar-refractivity contribution in [3.8, 4) is 0 Å². The van der Waals surface area contributed by atoms with E-state index in [1.807, 2.05) is 6.20 Å². The molecule has 1 N–H and O–H groups in total. The van der Waals surface area contributed by atoms with Gasteiger partial charge in [0.05, 0.1) is 11.7 Å². The number of nitrogens with zero attached hydrogens (tertiary/aromatic N) is 1. The molecule has 0 bridgehead atoms. The molecule has 1 atom stereocenters. The number of hydrogen-bond donors (Lipinski definition) is 1. The van der Waals surface area contributed by atoms with Crippen LogP contribution in [0, 0.1) is 0 Å². The maximum Gasteiger partial charge on any atom is 0.352 e. The van der Waals surface area contributed by atoms with Gasteiger partial charge in [0.25, 0.3) is 0 Å². The van der Waals surface area contributed by atoms with E-state index in [9.17, 15) is 4.79 Å². The van der Waals surface area contributed by atoms with Crippen molar-refractivity contribution in [1.82, 2.24) is 4.57 Å². The van der Waals surface area contributed by atoms with Crippen molar-refractivity contribution in [2.45, 2.75) is 56.8 Å². The zero-order valence-corrected chi connectivity index (χ0v) is 10.5. The van der Waals surface area contributed by atoms with Crippen LogP contribution in [-0.4, -0.2) is 27.3 Å². The van der Waals surface area contributed by atoms with Crippen LogP contribution in [0.4, 0.5) is 0 Å². The van der Waals surface area contributed by atoms with Crippen LogP contribution in [0.5, 0.6) is 0 Å². The number of hydrogen-bond acceptors (Lipinski definition) is 2. The Balaban J connectivity index is 1.67. The molecule has 18 heavy (non-hydrogen) atoms. The van der Waals surface area contributed by atoms with Crippen LogP contribution >= 0.6 is 0 Å². The Kier molecular flexibility index (Phi) is 2.90. The average molecular weight is 249 g/mol. The maximum absolute atomic E-state index is 11.0. The van der Waals surface area contributed by atoms with Crippen molar-refractivity contribution in [2.75, 3.05) is 0 Å². The highest BCUT2D eigenvalue weighted by Gasteiger charge is 2.42. The van der Waals surface area contributed by atoms with Gasteiger partial charge in [-0.2, -0.15) is 0 Å². The van der Waals surface area contributed by atoms with E-state index in [2.05, 4.69) is 0 Å². The molecular weight excluding hydrogens is 230 g/mol. The fourth-order valence-corrected chi connectivity index (χ4v) is 3.40. The molecule has 1 unspecified atom stereocenters. The molecule has 3 rings (SSSR count). The van der Waals surface area contributed by atoms with Gasteiger partial charge in [0, 0.05) is 12.7 Å². The van der Waals surface area contributed by atoms with Gasteiger partial charge in [0.2, 0.25) is 0 Å². The quantitative estimate of drug-likeness (QED) is 0.896. The van der Waals surface area contributed by atoms with Gasteiger partial charge >= 0.3 is 5.97 Å². The highest BCUT2D eigenvalue weighted by Crippen LogP contribution is 2.43. The van der Waals surface area contributed by atoms with Gasteiger partial charge in [-0.05, 0) is 37.8 Å². The number of aromatic nitrogens is 1. The van der Waals surface area contributed by atoms with E-state index >= 15 is 0 Å². The third-order valence-electron chi connectivity index (χ3n) is 4.30. The average Bonchev–Trinajstić information content (AvgIpc) is 3.03. The molecule has 2 fully saturated rings. The lowest BCUT2D eigenvalue weighted by Crippen LogP contribution is -2.27. The summed E-state index contributed by atoms with van der Waals surface area (Å²) >= 11 is 0. The Bertz CT molecular complexity index is 446. The second-order valence-electron chi connectivity index (χ2n) is 5.52. The summed E-state index contributed by atoms with van der Waals surface area (Å²) in [6, 6.07) is 3.42. The van der Waals surface area contributed by atoms with E-state index < -0.39 is 5.97 Å². The molecule has 98 valence electrons. The van der Waals surface area contributed by atoms with Gasteiger partial charge in [-0.15, -0.1) is 0 Å². The molecule has 4 heteroatoms. The zero-order valence-electron chi connectivity index (χ0n) is 10.5. The predicted octanol–water partition coefficient (Wildman–Crippen LogP) is 2.68. The molecule has 0 amide bonds. The Morgan fingerprint density at radius 2 is 2.22 bits per heavy atom. The number of carbonyl (C=O) groups is 1. The van der Waals surface area contributed by atoms with Crippen molar-refractivity contribution in [3.63, 3.8) is 0 Å². The Morgan fingerprint density at radius 3 is 2.94 bits per heavy atom. The standard InChI is InChI=1S/C14H19NO3/c16-13(17)12-4-3-9-15(12)10-11-5-8-14(18-11)6-1-2-7-14/h3-4,9,11H,1-2,5-8,10H2,(H,16,17). The van der Waals surface area contributed by atoms with Gasteiger partial charge in [-0.1, -0.05) is 12.8 Å². The largest absolute Gasteiger partial charge is 0.477 e. The Morgan fingerprint density at radius 1 is 1.44 bits per heavy atom. The normalized spacial score (nSPS) is 25.9. The summed E-state index contributed by atoms with van der Waals surface area (Å²) in [4.78, 5) is 11.0. The van der Waals surface area contributed by atoms with Gasteiger partial charge < -0.3 is 14.4 Å². The molecule has 4 nitrogen and oxygen atoms in total. The lowest BCUT2D eigenvalue weighted by molar-refractivity contribution is -0.0419. The molecule has 2 heterocycles. The van der Waals surface area contributed by atoms with E-state index in [-0.39, 0.29) is 11.7 Å².